The van der Waals surface area contributed by atoms with Crippen molar-refractivity contribution >= 4 is 17.5 Å². The fourth-order valence-electron chi connectivity index (χ4n) is 4.12. The van der Waals surface area contributed by atoms with Crippen molar-refractivity contribution in [3.8, 4) is 0 Å². The molecule has 156 valence electrons. The number of hydrogen-bond acceptors (Lipinski definition) is 3. The van der Waals surface area contributed by atoms with Gasteiger partial charge in [0.25, 0.3) is 5.91 Å². The number of nitrogens with one attached hydrogen (secondary N) is 1. The van der Waals surface area contributed by atoms with Gasteiger partial charge in [-0.2, -0.15) is 0 Å². The minimum Gasteiger partial charge on any atom is -0.351 e. The van der Waals surface area contributed by atoms with E-state index in [1.54, 1.807) is 0 Å². The van der Waals surface area contributed by atoms with Gasteiger partial charge in [0.1, 0.15) is 11.3 Å². The fourth-order valence-corrected chi connectivity index (χ4v) is 4.12. The zero-order valence-electron chi connectivity index (χ0n) is 17.4. The van der Waals surface area contributed by atoms with Crippen molar-refractivity contribution in [1.29, 1.82) is 0 Å². The molecule has 1 aliphatic rings. The van der Waals surface area contributed by atoms with Crippen LogP contribution in [0.2, 0.25) is 0 Å². The van der Waals surface area contributed by atoms with Crippen LogP contribution in [0.3, 0.4) is 0 Å². The third kappa shape index (κ3) is 4.37. The summed E-state index contributed by atoms with van der Waals surface area (Å²) in [5.74, 6) is 0.129. The molecule has 0 fully saturated rings. The maximum absolute atomic E-state index is 12.6. The van der Waals surface area contributed by atoms with Gasteiger partial charge in [-0.3, -0.25) is 14.0 Å². The molecule has 0 spiro atoms. The lowest BCUT2D eigenvalue weighted by Crippen LogP contribution is -2.35. The van der Waals surface area contributed by atoms with E-state index in [1.165, 1.54) is 11.1 Å². The van der Waals surface area contributed by atoms with Crippen molar-refractivity contribution in [2.75, 3.05) is 13.1 Å². The number of carbonyl (C=O) groups is 2. The van der Waals surface area contributed by atoms with Gasteiger partial charge in [0.2, 0.25) is 5.91 Å². The van der Waals surface area contributed by atoms with E-state index >= 15 is 0 Å². The average molecular weight is 405 g/mol. The number of imidazole rings is 1. The Morgan fingerprint density at radius 3 is 2.70 bits per heavy atom. The predicted molar refractivity (Wildman–Crippen MR) is 116 cm³/mol. The Hall–Kier alpha value is -3.15. The maximum Gasteiger partial charge on any atom is 0.270 e. The highest BCUT2D eigenvalue weighted by atomic mass is 16.2. The summed E-state index contributed by atoms with van der Waals surface area (Å²) < 4.78 is 1.82. The van der Waals surface area contributed by atoms with E-state index in [0.717, 1.165) is 50.1 Å². The third-order valence-electron chi connectivity index (χ3n) is 5.76. The summed E-state index contributed by atoms with van der Waals surface area (Å²) in [6, 6.07) is 14.1. The molecule has 3 heterocycles. The second-order valence-electron chi connectivity index (χ2n) is 7.88. The molecule has 0 saturated heterocycles. The zero-order valence-corrected chi connectivity index (χ0v) is 17.4. The Morgan fingerprint density at radius 2 is 1.83 bits per heavy atom. The van der Waals surface area contributed by atoms with Gasteiger partial charge in [-0.15, -0.1) is 0 Å². The van der Waals surface area contributed by atoms with E-state index < -0.39 is 0 Å². The Bertz CT molecular complexity index is 1060. The summed E-state index contributed by atoms with van der Waals surface area (Å²) in [5.41, 5.74) is 4.72. The number of pyridine rings is 1. The second kappa shape index (κ2) is 9.11. The molecule has 0 bridgehead atoms. The highest BCUT2D eigenvalue weighted by Crippen LogP contribution is 2.19. The molecule has 2 aromatic heterocycles. The van der Waals surface area contributed by atoms with Crippen molar-refractivity contribution in [2.24, 2.45) is 0 Å². The van der Waals surface area contributed by atoms with Crippen LogP contribution in [-0.4, -0.2) is 39.2 Å². The summed E-state index contributed by atoms with van der Waals surface area (Å²) in [5, 5.41) is 2.99. The molecule has 6 nitrogen and oxygen atoms in total. The van der Waals surface area contributed by atoms with Crippen LogP contribution in [0.4, 0.5) is 0 Å². The van der Waals surface area contributed by atoms with E-state index in [4.69, 9.17) is 0 Å². The van der Waals surface area contributed by atoms with Crippen LogP contribution in [0, 0.1) is 6.92 Å². The lowest BCUT2D eigenvalue weighted by molar-refractivity contribution is -0.132. The third-order valence-corrected chi connectivity index (χ3v) is 5.76. The molecular weight excluding hydrogens is 376 g/mol. The number of fused-ring (bicyclic) bond motifs is 2. The molecule has 0 saturated carbocycles. The van der Waals surface area contributed by atoms with Gasteiger partial charge in [-0.25, -0.2) is 4.98 Å². The topological polar surface area (TPSA) is 66.7 Å². The van der Waals surface area contributed by atoms with E-state index in [1.807, 2.05) is 46.7 Å². The number of aryl methyl sites for hydroxylation is 1. The molecule has 4 rings (SSSR count). The van der Waals surface area contributed by atoms with E-state index in [2.05, 4.69) is 28.5 Å². The molecule has 1 aromatic carbocycles. The molecule has 0 unspecified atom stereocenters. The van der Waals surface area contributed by atoms with Crippen LogP contribution < -0.4 is 5.32 Å². The molecule has 3 aromatic rings. The van der Waals surface area contributed by atoms with Crippen LogP contribution in [0.25, 0.3) is 5.65 Å². The van der Waals surface area contributed by atoms with Crippen LogP contribution >= 0.6 is 0 Å². The Morgan fingerprint density at radius 1 is 1.03 bits per heavy atom. The van der Waals surface area contributed by atoms with Crippen LogP contribution in [0.5, 0.6) is 0 Å². The molecule has 1 aliphatic heterocycles. The predicted octanol–water partition coefficient (Wildman–Crippen LogP) is 3.52. The monoisotopic (exact) mass is 404 g/mol. The lowest BCUT2D eigenvalue weighted by Gasteiger charge is -2.29. The van der Waals surface area contributed by atoms with Gasteiger partial charge >= 0.3 is 0 Å². The van der Waals surface area contributed by atoms with E-state index in [9.17, 15) is 9.59 Å². The van der Waals surface area contributed by atoms with E-state index in [-0.39, 0.29) is 11.8 Å². The summed E-state index contributed by atoms with van der Waals surface area (Å²) in [6.07, 6.45) is 6.00. The van der Waals surface area contributed by atoms with Gasteiger partial charge in [-0.1, -0.05) is 36.8 Å². The first-order valence-electron chi connectivity index (χ1n) is 10.7. The van der Waals surface area contributed by atoms with Gasteiger partial charge in [0.05, 0.1) is 5.69 Å². The number of hydrogen-bond donors (Lipinski definition) is 1. The Kier molecular flexibility index (Phi) is 6.12. The first kappa shape index (κ1) is 20.1. The van der Waals surface area contributed by atoms with Crippen molar-refractivity contribution in [3.05, 3.63) is 71.2 Å². The summed E-state index contributed by atoms with van der Waals surface area (Å²) in [4.78, 5) is 31.5. The van der Waals surface area contributed by atoms with Gasteiger partial charge in [0, 0.05) is 32.3 Å². The van der Waals surface area contributed by atoms with E-state index in [0.29, 0.717) is 18.7 Å². The molecule has 6 heteroatoms. The van der Waals surface area contributed by atoms with Gasteiger partial charge in [0.15, 0.2) is 0 Å². The summed E-state index contributed by atoms with van der Waals surface area (Å²) in [6.45, 7) is 3.99. The van der Waals surface area contributed by atoms with Crippen LogP contribution in [0.1, 0.15) is 53.0 Å². The Balaban J connectivity index is 1.17. The minimum absolute atomic E-state index is 0.103. The standard InChI is InChI=1S/C24H28N4O2/c1-18-23(28-15-8-6-11-21(28)26-18)24(30)25-14-7-2-3-12-22(29)27-16-13-19-9-4-5-10-20(19)17-27/h4-6,8-11,15H,2-3,7,12-14,16-17H2,1H3,(H,25,30). The molecule has 1 N–H and O–H groups in total. The summed E-state index contributed by atoms with van der Waals surface area (Å²) >= 11 is 0. The number of aromatic nitrogens is 2. The molecule has 30 heavy (non-hydrogen) atoms. The first-order chi connectivity index (χ1) is 14.6. The zero-order chi connectivity index (χ0) is 20.9. The summed E-state index contributed by atoms with van der Waals surface area (Å²) in [7, 11) is 0. The highest BCUT2D eigenvalue weighted by Gasteiger charge is 2.20. The normalized spacial score (nSPS) is 13.3. The fraction of sp³-hybridized carbons (Fsp3) is 0.375. The lowest BCUT2D eigenvalue weighted by atomic mass is 9.99. The van der Waals surface area contributed by atoms with Gasteiger partial charge in [-0.05, 0) is 49.4 Å². The largest absolute Gasteiger partial charge is 0.351 e. The minimum atomic E-state index is -0.103. The number of amides is 2. The second-order valence-corrected chi connectivity index (χ2v) is 7.88. The van der Waals surface area contributed by atoms with Crippen molar-refractivity contribution in [2.45, 2.75) is 45.6 Å². The smallest absolute Gasteiger partial charge is 0.270 e. The van der Waals surface area contributed by atoms with Crippen LogP contribution in [0.15, 0.2) is 48.7 Å². The highest BCUT2D eigenvalue weighted by molar-refractivity contribution is 5.94. The SMILES string of the molecule is Cc1nc2ccccn2c1C(=O)NCCCCCC(=O)N1CCc2ccccc2C1. The molecule has 2 amide bonds. The van der Waals surface area contributed by atoms with Crippen molar-refractivity contribution in [1.82, 2.24) is 19.6 Å². The van der Waals surface area contributed by atoms with Gasteiger partial charge < -0.3 is 10.2 Å². The maximum atomic E-state index is 12.6. The Labute approximate surface area is 176 Å². The molecule has 0 atom stereocenters. The molecule has 0 aliphatic carbocycles. The number of carbonyl (C=O) groups excluding carboxylic acids is 2. The quantitative estimate of drug-likeness (QED) is 0.613. The van der Waals surface area contributed by atoms with Crippen molar-refractivity contribution < 1.29 is 9.59 Å². The number of unbranched alkanes of at least 4 members (excludes halogenated alkanes) is 2. The van der Waals surface area contributed by atoms with Crippen LogP contribution in [-0.2, 0) is 17.8 Å². The average Bonchev–Trinajstić information content (AvgIpc) is 3.11. The number of benzene rings is 1. The molecule has 0 radical (unpaired) electrons. The number of rotatable bonds is 7. The molecular formula is C24H28N4O2. The first-order valence-corrected chi connectivity index (χ1v) is 10.7. The number of nitrogens with zero attached hydrogens (tertiary/aromatic N) is 3. The van der Waals surface area contributed by atoms with Crippen molar-refractivity contribution in [3.63, 3.8) is 0 Å².